The van der Waals surface area contributed by atoms with E-state index in [2.05, 4.69) is 0 Å². The molecule has 0 spiro atoms. The van der Waals surface area contributed by atoms with Crippen molar-refractivity contribution in [2.24, 2.45) is 0 Å². The minimum atomic E-state index is -3.70. The topological polar surface area (TPSA) is 43.4 Å². The lowest BCUT2D eigenvalue weighted by molar-refractivity contribution is 0.443. The summed E-state index contributed by atoms with van der Waals surface area (Å²) in [7, 11) is -3.70. The van der Waals surface area contributed by atoms with Crippen LogP contribution in [0.1, 0.15) is 6.92 Å². The molecular weight excluding hydrogens is 236 g/mol. The zero-order valence-corrected chi connectivity index (χ0v) is 10.1. The van der Waals surface area contributed by atoms with E-state index in [-0.39, 0.29) is 4.90 Å². The van der Waals surface area contributed by atoms with Crippen molar-refractivity contribution in [2.75, 3.05) is 0 Å². The molecule has 2 rings (SSSR count). The number of benzene rings is 2. The van der Waals surface area contributed by atoms with E-state index in [1.807, 2.05) is 24.3 Å². The molecule has 4 heteroatoms. The van der Waals surface area contributed by atoms with Gasteiger partial charge in [0.2, 0.25) is 0 Å². The summed E-state index contributed by atoms with van der Waals surface area (Å²) in [5, 5.41) is 1.87. The van der Waals surface area contributed by atoms with Gasteiger partial charge >= 0.3 is 10.1 Å². The van der Waals surface area contributed by atoms with Crippen LogP contribution >= 0.6 is 0 Å². The molecule has 0 aliphatic heterocycles. The van der Waals surface area contributed by atoms with E-state index in [4.69, 9.17) is 4.18 Å². The lowest BCUT2D eigenvalue weighted by Crippen LogP contribution is -2.01. The first-order valence-corrected chi connectivity index (χ1v) is 6.57. The van der Waals surface area contributed by atoms with Crippen LogP contribution in [0.3, 0.4) is 0 Å². The van der Waals surface area contributed by atoms with E-state index < -0.39 is 10.1 Å². The standard InChI is InChI=1S/C13H12O3S/c1-2-9-16-17(14,15)13-8-7-11-5-3-4-6-12(11)10-13/h2-10H,1H3/b9-2+. The van der Waals surface area contributed by atoms with Crippen LogP contribution in [0.5, 0.6) is 0 Å². The van der Waals surface area contributed by atoms with Gasteiger partial charge in [-0.05, 0) is 29.8 Å². The highest BCUT2D eigenvalue weighted by Gasteiger charge is 2.14. The van der Waals surface area contributed by atoms with E-state index in [0.29, 0.717) is 0 Å². The molecule has 0 aliphatic carbocycles. The average Bonchev–Trinajstić information content (AvgIpc) is 2.36. The first kappa shape index (κ1) is 11.7. The molecule has 17 heavy (non-hydrogen) atoms. The van der Waals surface area contributed by atoms with Crippen LogP contribution in [0.4, 0.5) is 0 Å². The van der Waals surface area contributed by atoms with Crippen LogP contribution in [0.15, 0.2) is 59.7 Å². The number of fused-ring (bicyclic) bond motifs is 1. The highest BCUT2D eigenvalue weighted by Crippen LogP contribution is 2.20. The molecule has 2 aromatic rings. The molecule has 0 aromatic heterocycles. The highest BCUT2D eigenvalue weighted by atomic mass is 32.2. The SMILES string of the molecule is C/C=C/OS(=O)(=O)c1ccc2ccccc2c1. The summed E-state index contributed by atoms with van der Waals surface area (Å²) < 4.78 is 28.2. The molecule has 0 fully saturated rings. The second-order valence-electron chi connectivity index (χ2n) is 3.53. The second kappa shape index (κ2) is 4.59. The Balaban J connectivity index is 2.49. The van der Waals surface area contributed by atoms with Gasteiger partial charge in [-0.2, -0.15) is 8.42 Å². The summed E-state index contributed by atoms with van der Waals surface area (Å²) in [6.07, 6.45) is 2.68. The maximum atomic E-state index is 11.8. The van der Waals surface area contributed by atoms with Crippen molar-refractivity contribution < 1.29 is 12.6 Å². The van der Waals surface area contributed by atoms with Gasteiger partial charge in [-0.15, -0.1) is 0 Å². The third kappa shape index (κ3) is 2.47. The quantitative estimate of drug-likeness (QED) is 0.619. The minimum Gasteiger partial charge on any atom is -0.387 e. The van der Waals surface area contributed by atoms with Crippen molar-refractivity contribution in [1.29, 1.82) is 0 Å². The molecule has 0 atom stereocenters. The Bertz CT molecular complexity index is 657. The minimum absolute atomic E-state index is 0.161. The molecule has 0 aliphatic rings. The molecule has 0 bridgehead atoms. The number of hydrogen-bond donors (Lipinski definition) is 0. The van der Waals surface area contributed by atoms with Gasteiger partial charge in [-0.1, -0.05) is 36.4 Å². The summed E-state index contributed by atoms with van der Waals surface area (Å²) in [5.41, 5.74) is 0. The lowest BCUT2D eigenvalue weighted by atomic mass is 10.1. The molecule has 0 saturated carbocycles. The van der Waals surface area contributed by atoms with Crippen LogP contribution in [0.2, 0.25) is 0 Å². The molecule has 0 unspecified atom stereocenters. The van der Waals surface area contributed by atoms with Crippen LogP contribution in [-0.4, -0.2) is 8.42 Å². The zero-order chi connectivity index (χ0) is 12.3. The van der Waals surface area contributed by atoms with Crippen molar-refractivity contribution in [3.05, 3.63) is 54.8 Å². The average molecular weight is 248 g/mol. The first-order valence-electron chi connectivity index (χ1n) is 5.17. The van der Waals surface area contributed by atoms with Gasteiger partial charge in [0.1, 0.15) is 11.2 Å². The molecule has 0 saturated heterocycles. The van der Waals surface area contributed by atoms with Crippen LogP contribution in [0, 0.1) is 0 Å². The van der Waals surface area contributed by atoms with Crippen LogP contribution < -0.4 is 0 Å². The van der Waals surface area contributed by atoms with Crippen molar-refractivity contribution in [3.8, 4) is 0 Å². The fourth-order valence-electron chi connectivity index (χ4n) is 1.51. The fraction of sp³-hybridized carbons (Fsp3) is 0.0769. The van der Waals surface area contributed by atoms with Crippen molar-refractivity contribution in [2.45, 2.75) is 11.8 Å². The molecular formula is C13H12O3S. The van der Waals surface area contributed by atoms with E-state index in [9.17, 15) is 8.42 Å². The molecule has 0 amide bonds. The van der Waals surface area contributed by atoms with Gasteiger partial charge in [-0.3, -0.25) is 0 Å². The maximum absolute atomic E-state index is 11.8. The van der Waals surface area contributed by atoms with Gasteiger partial charge in [0, 0.05) is 0 Å². The first-order chi connectivity index (χ1) is 8.13. The fourth-order valence-corrected chi connectivity index (χ4v) is 2.38. The summed E-state index contributed by atoms with van der Waals surface area (Å²) in [4.78, 5) is 0.161. The maximum Gasteiger partial charge on any atom is 0.338 e. The predicted molar refractivity (Wildman–Crippen MR) is 67.0 cm³/mol. The van der Waals surface area contributed by atoms with Gasteiger partial charge in [0.15, 0.2) is 0 Å². The third-order valence-electron chi connectivity index (χ3n) is 2.33. The summed E-state index contributed by atoms with van der Waals surface area (Å²) in [5.74, 6) is 0. The predicted octanol–water partition coefficient (Wildman–Crippen LogP) is 3.08. The molecule has 2 aromatic carbocycles. The number of hydrogen-bond acceptors (Lipinski definition) is 3. The van der Waals surface area contributed by atoms with Gasteiger partial charge in [-0.25, -0.2) is 0 Å². The number of allylic oxidation sites excluding steroid dienone is 1. The van der Waals surface area contributed by atoms with Crippen molar-refractivity contribution >= 4 is 20.9 Å². The van der Waals surface area contributed by atoms with E-state index >= 15 is 0 Å². The normalized spacial score (nSPS) is 12.1. The highest BCUT2D eigenvalue weighted by molar-refractivity contribution is 7.86. The largest absolute Gasteiger partial charge is 0.387 e. The Morgan fingerprint density at radius 2 is 1.76 bits per heavy atom. The van der Waals surface area contributed by atoms with E-state index in [1.165, 1.54) is 6.08 Å². The van der Waals surface area contributed by atoms with Gasteiger partial charge in [0.05, 0.1) is 0 Å². The van der Waals surface area contributed by atoms with Crippen LogP contribution in [0.25, 0.3) is 10.8 Å². The van der Waals surface area contributed by atoms with Gasteiger partial charge < -0.3 is 4.18 Å². The summed E-state index contributed by atoms with van der Waals surface area (Å²) >= 11 is 0. The molecule has 0 N–H and O–H groups in total. The number of rotatable bonds is 3. The summed E-state index contributed by atoms with van der Waals surface area (Å²) in [6, 6.07) is 12.5. The monoisotopic (exact) mass is 248 g/mol. The Hall–Kier alpha value is -1.81. The molecule has 0 radical (unpaired) electrons. The van der Waals surface area contributed by atoms with Crippen LogP contribution in [-0.2, 0) is 14.3 Å². The molecule has 88 valence electrons. The van der Waals surface area contributed by atoms with Crippen molar-refractivity contribution in [1.82, 2.24) is 0 Å². The van der Waals surface area contributed by atoms with Crippen molar-refractivity contribution in [3.63, 3.8) is 0 Å². The second-order valence-corrected chi connectivity index (χ2v) is 5.10. The Morgan fingerprint density at radius 1 is 1.06 bits per heavy atom. The Morgan fingerprint density at radius 3 is 2.47 bits per heavy atom. The third-order valence-corrected chi connectivity index (χ3v) is 3.52. The van der Waals surface area contributed by atoms with E-state index in [1.54, 1.807) is 25.1 Å². The Kier molecular flexibility index (Phi) is 3.15. The summed E-state index contributed by atoms with van der Waals surface area (Å²) in [6.45, 7) is 1.69. The zero-order valence-electron chi connectivity index (χ0n) is 9.33. The Labute approximate surface area is 100 Å². The van der Waals surface area contributed by atoms with E-state index in [0.717, 1.165) is 17.0 Å². The molecule has 0 heterocycles. The van der Waals surface area contributed by atoms with Gasteiger partial charge in [0.25, 0.3) is 0 Å². The smallest absolute Gasteiger partial charge is 0.338 e. The lowest BCUT2D eigenvalue weighted by Gasteiger charge is -2.04. The molecule has 3 nitrogen and oxygen atoms in total.